The quantitative estimate of drug-likeness (QED) is 0.889. The van der Waals surface area contributed by atoms with Crippen LogP contribution in [-0.4, -0.2) is 17.0 Å². The summed E-state index contributed by atoms with van der Waals surface area (Å²) in [6, 6.07) is 10.3. The molecule has 0 aliphatic heterocycles. The largest absolute Gasteiger partial charge is 0.340 e. The van der Waals surface area contributed by atoms with Gasteiger partial charge in [0.25, 0.3) is 0 Å². The minimum Gasteiger partial charge on any atom is -0.340 e. The van der Waals surface area contributed by atoms with Crippen LogP contribution in [-0.2, 0) is 13.1 Å². The number of nitrogens with two attached hydrogens (primary N) is 1. The molecule has 0 bridgehead atoms. The lowest BCUT2D eigenvalue weighted by Crippen LogP contribution is -2.20. The first-order valence-corrected chi connectivity index (χ1v) is 5.98. The average Bonchev–Trinajstić information content (AvgIpc) is 2.39. The van der Waals surface area contributed by atoms with E-state index in [9.17, 15) is 0 Å². The van der Waals surface area contributed by atoms with E-state index in [1.54, 1.807) is 6.20 Å². The molecule has 2 aromatic rings. The summed E-state index contributed by atoms with van der Waals surface area (Å²) in [4.78, 5) is 10.8. The Bertz CT molecular complexity index is 510. The molecule has 0 saturated carbocycles. The predicted molar refractivity (Wildman–Crippen MR) is 73.2 cm³/mol. The lowest BCUT2D eigenvalue weighted by Gasteiger charge is -2.18. The highest BCUT2D eigenvalue weighted by Gasteiger charge is 2.07. The Kier molecular flexibility index (Phi) is 3.89. The van der Waals surface area contributed by atoms with Crippen molar-refractivity contribution in [3.8, 4) is 0 Å². The van der Waals surface area contributed by atoms with Crippen molar-refractivity contribution in [1.29, 1.82) is 0 Å². The molecule has 1 heterocycles. The van der Waals surface area contributed by atoms with Gasteiger partial charge in [-0.2, -0.15) is 0 Å². The zero-order valence-electron chi connectivity index (χ0n) is 10.8. The van der Waals surface area contributed by atoms with E-state index in [0.29, 0.717) is 6.54 Å². The molecule has 18 heavy (non-hydrogen) atoms. The Morgan fingerprint density at radius 2 is 1.94 bits per heavy atom. The number of aromatic nitrogens is 2. The van der Waals surface area contributed by atoms with Gasteiger partial charge in [0.2, 0.25) is 5.95 Å². The molecule has 0 spiro atoms. The molecule has 1 aromatic heterocycles. The summed E-state index contributed by atoms with van der Waals surface area (Å²) in [5.74, 6) is 0.730. The third-order valence-corrected chi connectivity index (χ3v) is 2.89. The van der Waals surface area contributed by atoms with Crippen LogP contribution in [0.3, 0.4) is 0 Å². The Morgan fingerprint density at radius 3 is 2.56 bits per heavy atom. The van der Waals surface area contributed by atoms with Crippen molar-refractivity contribution in [2.45, 2.75) is 20.0 Å². The number of hydrogen-bond donors (Lipinski definition) is 1. The molecule has 0 aliphatic rings. The highest BCUT2D eigenvalue weighted by Crippen LogP contribution is 2.12. The van der Waals surface area contributed by atoms with E-state index in [1.165, 1.54) is 5.56 Å². The average molecular weight is 242 g/mol. The van der Waals surface area contributed by atoms with Gasteiger partial charge >= 0.3 is 0 Å². The molecule has 0 unspecified atom stereocenters. The number of hydrogen-bond acceptors (Lipinski definition) is 4. The van der Waals surface area contributed by atoms with Gasteiger partial charge in [0.1, 0.15) is 0 Å². The topological polar surface area (TPSA) is 55.0 Å². The lowest BCUT2D eigenvalue weighted by molar-refractivity contribution is 0.846. The number of rotatable bonds is 4. The second-order valence-electron chi connectivity index (χ2n) is 4.33. The Labute approximate surface area is 107 Å². The van der Waals surface area contributed by atoms with Crippen molar-refractivity contribution in [3.05, 3.63) is 53.3 Å². The van der Waals surface area contributed by atoms with Crippen molar-refractivity contribution in [1.82, 2.24) is 9.97 Å². The van der Waals surface area contributed by atoms with Crippen LogP contribution in [0.15, 0.2) is 36.5 Å². The normalized spacial score (nSPS) is 10.4. The molecule has 4 heteroatoms. The molecule has 0 atom stereocenters. The van der Waals surface area contributed by atoms with Gasteiger partial charge in [-0.1, -0.05) is 30.3 Å². The monoisotopic (exact) mass is 242 g/mol. The smallest absolute Gasteiger partial charge is 0.225 e. The van der Waals surface area contributed by atoms with Crippen LogP contribution in [0.1, 0.15) is 16.8 Å². The fourth-order valence-electron chi connectivity index (χ4n) is 1.79. The van der Waals surface area contributed by atoms with E-state index in [1.807, 2.05) is 37.1 Å². The van der Waals surface area contributed by atoms with E-state index < -0.39 is 0 Å². The van der Waals surface area contributed by atoms with Crippen LogP contribution in [0.5, 0.6) is 0 Å². The summed E-state index contributed by atoms with van der Waals surface area (Å²) in [7, 11) is 1.99. The zero-order chi connectivity index (χ0) is 13.0. The maximum absolute atomic E-state index is 5.61. The molecule has 0 aliphatic carbocycles. The van der Waals surface area contributed by atoms with Crippen molar-refractivity contribution >= 4 is 5.95 Å². The molecule has 94 valence electrons. The summed E-state index contributed by atoms with van der Waals surface area (Å²) in [5, 5.41) is 0. The molecule has 4 nitrogen and oxygen atoms in total. The minimum atomic E-state index is 0.481. The molecule has 1 aromatic carbocycles. The van der Waals surface area contributed by atoms with E-state index in [2.05, 4.69) is 22.1 Å². The van der Waals surface area contributed by atoms with Gasteiger partial charge in [0, 0.05) is 37.6 Å². The Morgan fingerprint density at radius 1 is 1.22 bits per heavy atom. The highest BCUT2D eigenvalue weighted by atomic mass is 15.2. The van der Waals surface area contributed by atoms with E-state index >= 15 is 0 Å². The van der Waals surface area contributed by atoms with Gasteiger partial charge in [0.15, 0.2) is 0 Å². The summed E-state index contributed by atoms with van der Waals surface area (Å²) in [6.45, 7) is 3.24. The van der Waals surface area contributed by atoms with Gasteiger partial charge in [-0.15, -0.1) is 0 Å². The van der Waals surface area contributed by atoms with Crippen LogP contribution in [0.2, 0.25) is 0 Å². The first-order chi connectivity index (χ1) is 8.70. The van der Waals surface area contributed by atoms with Gasteiger partial charge in [0.05, 0.1) is 0 Å². The summed E-state index contributed by atoms with van der Waals surface area (Å²) < 4.78 is 0. The molecule has 2 rings (SSSR count). The minimum absolute atomic E-state index is 0.481. The number of benzene rings is 1. The molecular weight excluding hydrogens is 224 g/mol. The third-order valence-electron chi connectivity index (χ3n) is 2.89. The second-order valence-corrected chi connectivity index (χ2v) is 4.33. The molecule has 0 radical (unpaired) electrons. The Hall–Kier alpha value is -1.94. The maximum Gasteiger partial charge on any atom is 0.225 e. The molecule has 0 amide bonds. The first-order valence-electron chi connectivity index (χ1n) is 5.98. The number of anilines is 1. The van der Waals surface area contributed by atoms with Gasteiger partial charge in [-0.05, 0) is 12.5 Å². The fraction of sp³-hybridized carbons (Fsp3) is 0.286. The van der Waals surface area contributed by atoms with Crippen molar-refractivity contribution in [2.24, 2.45) is 5.73 Å². The van der Waals surface area contributed by atoms with Gasteiger partial charge in [-0.25, -0.2) is 9.97 Å². The molecule has 0 fully saturated rings. The van der Waals surface area contributed by atoms with E-state index in [-0.39, 0.29) is 0 Å². The standard InChI is InChI=1S/C14H18N4/c1-11-13(8-15)9-16-14(17-11)18(2)10-12-6-4-3-5-7-12/h3-7,9H,8,10,15H2,1-2H3. The van der Waals surface area contributed by atoms with Crippen LogP contribution in [0.4, 0.5) is 5.95 Å². The van der Waals surface area contributed by atoms with Crippen molar-refractivity contribution < 1.29 is 0 Å². The first kappa shape index (κ1) is 12.5. The second kappa shape index (κ2) is 5.60. The van der Waals surface area contributed by atoms with Crippen LogP contribution in [0.25, 0.3) is 0 Å². The van der Waals surface area contributed by atoms with Crippen LogP contribution >= 0.6 is 0 Å². The predicted octanol–water partition coefficient (Wildman–Crippen LogP) is 1.88. The van der Waals surface area contributed by atoms with Gasteiger partial charge < -0.3 is 10.6 Å². The Balaban J connectivity index is 2.14. The molecular formula is C14H18N4. The summed E-state index contributed by atoms with van der Waals surface area (Å²) >= 11 is 0. The van der Waals surface area contributed by atoms with Crippen LogP contribution < -0.4 is 10.6 Å². The van der Waals surface area contributed by atoms with Crippen molar-refractivity contribution in [2.75, 3.05) is 11.9 Å². The number of nitrogens with zero attached hydrogens (tertiary/aromatic N) is 3. The summed E-state index contributed by atoms with van der Waals surface area (Å²) in [6.07, 6.45) is 1.80. The fourth-order valence-corrected chi connectivity index (χ4v) is 1.79. The molecule has 2 N–H and O–H groups in total. The third kappa shape index (κ3) is 2.84. The summed E-state index contributed by atoms with van der Waals surface area (Å²) in [5.41, 5.74) is 8.79. The maximum atomic E-state index is 5.61. The van der Waals surface area contributed by atoms with Gasteiger partial charge in [-0.3, -0.25) is 0 Å². The van der Waals surface area contributed by atoms with Crippen LogP contribution in [0, 0.1) is 6.92 Å². The highest BCUT2D eigenvalue weighted by molar-refractivity contribution is 5.33. The molecule has 0 saturated heterocycles. The number of aryl methyl sites for hydroxylation is 1. The lowest BCUT2D eigenvalue weighted by atomic mass is 10.2. The van der Waals surface area contributed by atoms with E-state index in [0.717, 1.165) is 23.8 Å². The zero-order valence-corrected chi connectivity index (χ0v) is 10.8. The van der Waals surface area contributed by atoms with E-state index in [4.69, 9.17) is 5.73 Å². The van der Waals surface area contributed by atoms with Crippen molar-refractivity contribution in [3.63, 3.8) is 0 Å². The SMILES string of the molecule is Cc1nc(N(C)Cc2ccccc2)ncc1CN.